The average Bonchev–Trinajstić information content (AvgIpc) is 2.41. The van der Waals surface area contributed by atoms with Crippen LogP contribution in [0.4, 0.5) is 0 Å². The van der Waals surface area contributed by atoms with E-state index < -0.39 is 0 Å². The van der Waals surface area contributed by atoms with Crippen LogP contribution in [-0.2, 0) is 0 Å². The maximum Gasteiger partial charge on any atom is -0.0154 e. The van der Waals surface area contributed by atoms with Crippen molar-refractivity contribution in [3.8, 4) is 0 Å². The van der Waals surface area contributed by atoms with Crippen LogP contribution in [0.1, 0.15) is 27.2 Å². The first-order valence-corrected chi connectivity index (χ1v) is 5.30. The van der Waals surface area contributed by atoms with Gasteiger partial charge in [0.1, 0.15) is 0 Å². The van der Waals surface area contributed by atoms with Gasteiger partial charge in [0.25, 0.3) is 0 Å². The summed E-state index contributed by atoms with van der Waals surface area (Å²) in [5.41, 5.74) is 1.36. The van der Waals surface area contributed by atoms with Crippen LogP contribution >= 0.6 is 0 Å². The molecular formula is C14H18. The second-order valence-electron chi connectivity index (χ2n) is 3.16. The number of hydrogen-bond donors (Lipinski definition) is 0. The van der Waals surface area contributed by atoms with E-state index in [0.717, 1.165) is 6.42 Å². The molecule has 2 rings (SSSR count). The Morgan fingerprint density at radius 2 is 1.57 bits per heavy atom. The van der Waals surface area contributed by atoms with Crippen molar-refractivity contribution in [3.05, 3.63) is 46.4 Å². The van der Waals surface area contributed by atoms with Gasteiger partial charge in [0.15, 0.2) is 0 Å². The van der Waals surface area contributed by atoms with Gasteiger partial charge in [-0.05, 0) is 23.8 Å². The van der Waals surface area contributed by atoms with E-state index in [1.54, 1.807) is 0 Å². The number of rotatable bonds is 0. The third kappa shape index (κ3) is 2.59. The van der Waals surface area contributed by atoms with E-state index in [0.29, 0.717) is 0 Å². The van der Waals surface area contributed by atoms with Crippen LogP contribution in [-0.4, -0.2) is 0 Å². The monoisotopic (exact) mass is 186 g/mol. The van der Waals surface area contributed by atoms with Crippen LogP contribution in [0.25, 0.3) is 12.2 Å². The first-order valence-electron chi connectivity index (χ1n) is 5.30. The second-order valence-corrected chi connectivity index (χ2v) is 3.16. The van der Waals surface area contributed by atoms with Crippen LogP contribution in [0.15, 0.2) is 35.9 Å². The summed E-state index contributed by atoms with van der Waals surface area (Å²) in [6.45, 7) is 6.15. The average molecular weight is 186 g/mol. The number of fused-ring (bicyclic) bond motifs is 1. The van der Waals surface area contributed by atoms with Crippen molar-refractivity contribution < 1.29 is 0 Å². The highest BCUT2D eigenvalue weighted by Gasteiger charge is 1.89. The molecule has 0 aromatic heterocycles. The molecular weight excluding hydrogens is 168 g/mol. The number of benzene rings is 1. The minimum absolute atomic E-state index is 1.05. The Hall–Kier alpha value is -1.30. The lowest BCUT2D eigenvalue weighted by atomic mass is 10.2. The fraction of sp³-hybridized carbons (Fsp3) is 0.286. The SMILES string of the molecule is CC.CC1=CCC=c2ccccc2=C1. The summed E-state index contributed by atoms with van der Waals surface area (Å²) in [4.78, 5) is 0. The minimum atomic E-state index is 1.05. The molecule has 0 radical (unpaired) electrons. The van der Waals surface area contributed by atoms with Gasteiger partial charge >= 0.3 is 0 Å². The maximum absolute atomic E-state index is 2.27. The molecule has 0 amide bonds. The summed E-state index contributed by atoms with van der Waals surface area (Å²) in [5.74, 6) is 0. The molecule has 0 saturated heterocycles. The highest BCUT2D eigenvalue weighted by atomic mass is 13.9. The molecule has 0 bridgehead atoms. The first kappa shape index (κ1) is 10.8. The lowest BCUT2D eigenvalue weighted by Crippen LogP contribution is -2.22. The minimum Gasteiger partial charge on any atom is -0.0778 e. The predicted octanol–water partition coefficient (Wildman–Crippen LogP) is 2.62. The van der Waals surface area contributed by atoms with E-state index in [4.69, 9.17) is 0 Å². The summed E-state index contributed by atoms with van der Waals surface area (Å²) in [6.07, 6.45) is 7.81. The van der Waals surface area contributed by atoms with Gasteiger partial charge in [-0.1, -0.05) is 61.9 Å². The molecule has 0 nitrogen and oxygen atoms in total. The molecule has 1 aromatic carbocycles. The maximum atomic E-state index is 2.27. The van der Waals surface area contributed by atoms with E-state index in [9.17, 15) is 0 Å². The van der Waals surface area contributed by atoms with Crippen LogP contribution in [0, 0.1) is 0 Å². The largest absolute Gasteiger partial charge is 0.0778 e. The Morgan fingerprint density at radius 1 is 0.929 bits per heavy atom. The van der Waals surface area contributed by atoms with E-state index in [1.165, 1.54) is 16.0 Å². The Bertz CT molecular complexity index is 422. The van der Waals surface area contributed by atoms with Gasteiger partial charge in [-0.3, -0.25) is 0 Å². The Morgan fingerprint density at radius 3 is 2.29 bits per heavy atom. The zero-order chi connectivity index (χ0) is 10.4. The predicted molar refractivity (Wildman–Crippen MR) is 64.3 cm³/mol. The standard InChI is InChI=1S/C12H12.C2H6/c1-10-5-4-8-11-6-2-3-7-12(11)9-10;1-2/h2-3,5-9H,4H2,1H3;1-2H3. The summed E-state index contributed by atoms with van der Waals surface area (Å²) in [5, 5.41) is 2.69. The van der Waals surface area contributed by atoms with E-state index in [1.807, 2.05) is 13.8 Å². The van der Waals surface area contributed by atoms with Crippen molar-refractivity contribution in [2.75, 3.05) is 0 Å². The van der Waals surface area contributed by atoms with Crippen LogP contribution in [0.2, 0.25) is 0 Å². The summed E-state index contributed by atoms with van der Waals surface area (Å²) < 4.78 is 0. The molecule has 0 fully saturated rings. The summed E-state index contributed by atoms with van der Waals surface area (Å²) in [6, 6.07) is 8.50. The molecule has 1 aliphatic rings. The van der Waals surface area contributed by atoms with Gasteiger partial charge in [-0.25, -0.2) is 0 Å². The molecule has 0 heteroatoms. The fourth-order valence-corrected chi connectivity index (χ4v) is 1.50. The Balaban J connectivity index is 0.000000461. The molecule has 14 heavy (non-hydrogen) atoms. The van der Waals surface area contributed by atoms with Crippen molar-refractivity contribution >= 4 is 12.2 Å². The lowest BCUT2D eigenvalue weighted by Gasteiger charge is -1.87. The number of hydrogen-bond acceptors (Lipinski definition) is 0. The highest BCUT2D eigenvalue weighted by Crippen LogP contribution is 1.99. The van der Waals surface area contributed by atoms with Gasteiger partial charge in [0.2, 0.25) is 0 Å². The van der Waals surface area contributed by atoms with Crippen LogP contribution < -0.4 is 10.4 Å². The van der Waals surface area contributed by atoms with Gasteiger partial charge < -0.3 is 0 Å². The van der Waals surface area contributed by atoms with Crippen LogP contribution in [0.3, 0.4) is 0 Å². The van der Waals surface area contributed by atoms with Gasteiger partial charge in [-0.2, -0.15) is 0 Å². The molecule has 0 unspecified atom stereocenters. The zero-order valence-corrected chi connectivity index (χ0v) is 9.25. The fourth-order valence-electron chi connectivity index (χ4n) is 1.50. The highest BCUT2D eigenvalue weighted by molar-refractivity contribution is 5.50. The van der Waals surface area contributed by atoms with Crippen molar-refractivity contribution in [1.29, 1.82) is 0 Å². The topological polar surface area (TPSA) is 0 Å². The van der Waals surface area contributed by atoms with Crippen LogP contribution in [0.5, 0.6) is 0 Å². The number of allylic oxidation sites excluding steroid dienone is 2. The summed E-state index contributed by atoms with van der Waals surface area (Å²) in [7, 11) is 0. The van der Waals surface area contributed by atoms with Gasteiger partial charge in [-0.15, -0.1) is 0 Å². The molecule has 1 aliphatic carbocycles. The van der Waals surface area contributed by atoms with Crippen molar-refractivity contribution in [1.82, 2.24) is 0 Å². The Kier molecular flexibility index (Phi) is 4.18. The molecule has 0 spiro atoms. The molecule has 74 valence electrons. The van der Waals surface area contributed by atoms with E-state index in [2.05, 4.69) is 49.4 Å². The second kappa shape index (κ2) is 5.43. The molecule has 0 heterocycles. The lowest BCUT2D eigenvalue weighted by molar-refractivity contribution is 1.42. The molecule has 0 N–H and O–H groups in total. The van der Waals surface area contributed by atoms with Crippen molar-refractivity contribution in [3.63, 3.8) is 0 Å². The van der Waals surface area contributed by atoms with Crippen molar-refractivity contribution in [2.24, 2.45) is 0 Å². The first-order chi connectivity index (χ1) is 6.86. The van der Waals surface area contributed by atoms with Crippen molar-refractivity contribution in [2.45, 2.75) is 27.2 Å². The van der Waals surface area contributed by atoms with Gasteiger partial charge in [0, 0.05) is 0 Å². The third-order valence-electron chi connectivity index (χ3n) is 2.16. The molecule has 1 aromatic rings. The molecule has 0 atom stereocenters. The van der Waals surface area contributed by atoms with E-state index in [-0.39, 0.29) is 0 Å². The Labute approximate surface area is 86.3 Å². The smallest absolute Gasteiger partial charge is 0.0154 e. The van der Waals surface area contributed by atoms with E-state index >= 15 is 0 Å². The van der Waals surface area contributed by atoms with Gasteiger partial charge in [0.05, 0.1) is 0 Å². The normalized spacial score (nSPS) is 13.2. The third-order valence-corrected chi connectivity index (χ3v) is 2.16. The quantitative estimate of drug-likeness (QED) is 0.584. The molecule has 0 saturated carbocycles. The zero-order valence-electron chi connectivity index (χ0n) is 9.25. The molecule has 0 aliphatic heterocycles. The summed E-state index contributed by atoms with van der Waals surface area (Å²) >= 11 is 0.